The van der Waals surface area contributed by atoms with E-state index in [-0.39, 0.29) is 0 Å². The third-order valence-corrected chi connectivity index (χ3v) is 4.97. The Labute approximate surface area is 125 Å². The number of halogens is 1. The molecule has 3 unspecified atom stereocenters. The molecule has 1 aliphatic rings. The maximum atomic E-state index is 3.77. The Balaban J connectivity index is 1.95. The Morgan fingerprint density at radius 3 is 2.74 bits per heavy atom. The number of nitrogens with zero attached hydrogens (tertiary/aromatic N) is 1. The van der Waals surface area contributed by atoms with Crippen molar-refractivity contribution in [1.82, 2.24) is 10.2 Å². The van der Waals surface area contributed by atoms with Crippen LogP contribution in [0.15, 0.2) is 28.7 Å². The van der Waals surface area contributed by atoms with Crippen LogP contribution in [-0.4, -0.2) is 31.1 Å². The zero-order chi connectivity index (χ0) is 13.8. The fourth-order valence-corrected chi connectivity index (χ4v) is 3.69. The third kappa shape index (κ3) is 4.04. The largest absolute Gasteiger partial charge is 0.307 e. The van der Waals surface area contributed by atoms with E-state index in [1.54, 1.807) is 0 Å². The van der Waals surface area contributed by atoms with Gasteiger partial charge in [-0.15, -0.1) is 0 Å². The van der Waals surface area contributed by atoms with Crippen molar-refractivity contribution in [1.29, 1.82) is 0 Å². The maximum absolute atomic E-state index is 3.77. The SMILES string of the molecule is CC(NC(C)C1CCCN(C)C1)c1ccccc1Br. The molecule has 106 valence electrons. The predicted molar refractivity (Wildman–Crippen MR) is 85.4 cm³/mol. The van der Waals surface area contributed by atoms with Gasteiger partial charge < -0.3 is 10.2 Å². The average Bonchev–Trinajstić information content (AvgIpc) is 2.39. The highest BCUT2D eigenvalue weighted by Crippen LogP contribution is 2.25. The van der Waals surface area contributed by atoms with Gasteiger partial charge in [0, 0.05) is 23.1 Å². The predicted octanol–water partition coefficient (Wildman–Crippen LogP) is 3.83. The van der Waals surface area contributed by atoms with E-state index >= 15 is 0 Å². The number of benzene rings is 1. The molecule has 1 aromatic rings. The van der Waals surface area contributed by atoms with Crippen LogP contribution in [0.4, 0.5) is 0 Å². The molecule has 1 heterocycles. The monoisotopic (exact) mass is 324 g/mol. The van der Waals surface area contributed by atoms with Crippen LogP contribution in [-0.2, 0) is 0 Å². The number of hydrogen-bond acceptors (Lipinski definition) is 2. The molecule has 0 radical (unpaired) electrons. The highest BCUT2D eigenvalue weighted by Gasteiger charge is 2.24. The molecule has 0 bridgehead atoms. The summed E-state index contributed by atoms with van der Waals surface area (Å²) in [6.45, 7) is 7.06. The lowest BCUT2D eigenvalue weighted by molar-refractivity contribution is 0.174. The van der Waals surface area contributed by atoms with Gasteiger partial charge in [0.2, 0.25) is 0 Å². The average molecular weight is 325 g/mol. The molecule has 3 atom stereocenters. The minimum Gasteiger partial charge on any atom is -0.307 e. The Hall–Kier alpha value is -0.380. The summed E-state index contributed by atoms with van der Waals surface area (Å²) in [6.07, 6.45) is 2.68. The van der Waals surface area contributed by atoms with E-state index in [4.69, 9.17) is 0 Å². The van der Waals surface area contributed by atoms with Gasteiger partial charge in [0.25, 0.3) is 0 Å². The highest BCUT2D eigenvalue weighted by molar-refractivity contribution is 9.10. The number of piperidine rings is 1. The van der Waals surface area contributed by atoms with Crippen LogP contribution in [0.1, 0.15) is 38.3 Å². The molecule has 1 aliphatic heterocycles. The summed E-state index contributed by atoms with van der Waals surface area (Å²) in [7, 11) is 2.23. The number of nitrogens with one attached hydrogen (secondary N) is 1. The molecule has 19 heavy (non-hydrogen) atoms. The molecule has 0 aliphatic carbocycles. The molecule has 2 nitrogen and oxygen atoms in total. The van der Waals surface area contributed by atoms with Gasteiger partial charge in [-0.2, -0.15) is 0 Å². The second-order valence-corrected chi connectivity index (χ2v) is 6.72. The molecule has 1 N–H and O–H groups in total. The molecule has 3 heteroatoms. The quantitative estimate of drug-likeness (QED) is 0.905. The van der Waals surface area contributed by atoms with Crippen LogP contribution in [0.2, 0.25) is 0 Å². The van der Waals surface area contributed by atoms with Crippen molar-refractivity contribution in [2.45, 2.75) is 38.8 Å². The van der Waals surface area contributed by atoms with Crippen molar-refractivity contribution in [3.8, 4) is 0 Å². The Kier molecular flexibility index (Phi) is 5.43. The van der Waals surface area contributed by atoms with Gasteiger partial charge in [0.1, 0.15) is 0 Å². The van der Waals surface area contributed by atoms with Gasteiger partial charge in [0.05, 0.1) is 0 Å². The van der Waals surface area contributed by atoms with Crippen molar-refractivity contribution in [2.75, 3.05) is 20.1 Å². The smallest absolute Gasteiger partial charge is 0.0305 e. The summed E-state index contributed by atoms with van der Waals surface area (Å²) in [5.41, 5.74) is 1.35. The van der Waals surface area contributed by atoms with Crippen LogP contribution < -0.4 is 5.32 Å². The highest BCUT2D eigenvalue weighted by atomic mass is 79.9. The third-order valence-electron chi connectivity index (χ3n) is 4.25. The number of hydrogen-bond donors (Lipinski definition) is 1. The minimum absolute atomic E-state index is 0.387. The first-order chi connectivity index (χ1) is 9.08. The topological polar surface area (TPSA) is 15.3 Å². The van der Waals surface area contributed by atoms with E-state index < -0.39 is 0 Å². The lowest BCUT2D eigenvalue weighted by Crippen LogP contribution is -2.43. The number of likely N-dealkylation sites (tertiary alicyclic amines) is 1. The Bertz CT molecular complexity index is 407. The van der Waals surface area contributed by atoms with E-state index in [1.807, 2.05) is 0 Å². The standard InChI is InChI=1S/C16H25BrN2/c1-12(14-7-6-10-19(3)11-14)18-13(2)15-8-4-5-9-16(15)17/h4-5,8-9,12-14,18H,6-7,10-11H2,1-3H3. The molecule has 1 aromatic carbocycles. The molecule has 0 amide bonds. The first kappa shape index (κ1) is 15.0. The lowest BCUT2D eigenvalue weighted by atomic mass is 9.91. The van der Waals surface area contributed by atoms with Gasteiger partial charge in [-0.25, -0.2) is 0 Å². The summed E-state index contributed by atoms with van der Waals surface area (Å²) in [5, 5.41) is 3.77. The normalized spacial score (nSPS) is 24.1. The summed E-state index contributed by atoms with van der Waals surface area (Å²) in [4.78, 5) is 2.45. The van der Waals surface area contributed by atoms with Crippen molar-refractivity contribution >= 4 is 15.9 Å². The van der Waals surface area contributed by atoms with Crippen LogP contribution in [0.3, 0.4) is 0 Å². The van der Waals surface area contributed by atoms with Crippen molar-refractivity contribution in [2.24, 2.45) is 5.92 Å². The summed E-state index contributed by atoms with van der Waals surface area (Å²) < 4.78 is 1.20. The van der Waals surface area contributed by atoms with Gasteiger partial charge in [0.15, 0.2) is 0 Å². The van der Waals surface area contributed by atoms with E-state index in [1.165, 1.54) is 36.0 Å². The minimum atomic E-state index is 0.387. The first-order valence-corrected chi connectivity index (χ1v) is 8.06. The Morgan fingerprint density at radius 2 is 2.05 bits per heavy atom. The van der Waals surface area contributed by atoms with Crippen LogP contribution in [0.5, 0.6) is 0 Å². The Morgan fingerprint density at radius 1 is 1.32 bits per heavy atom. The summed E-state index contributed by atoms with van der Waals surface area (Å²) in [5.74, 6) is 0.767. The fourth-order valence-electron chi connectivity index (χ4n) is 3.06. The summed E-state index contributed by atoms with van der Waals surface area (Å²) in [6, 6.07) is 9.44. The fraction of sp³-hybridized carbons (Fsp3) is 0.625. The van der Waals surface area contributed by atoms with E-state index in [9.17, 15) is 0 Å². The van der Waals surface area contributed by atoms with Crippen LogP contribution in [0.25, 0.3) is 0 Å². The van der Waals surface area contributed by atoms with Gasteiger partial charge in [-0.1, -0.05) is 34.1 Å². The van der Waals surface area contributed by atoms with Crippen LogP contribution in [0, 0.1) is 5.92 Å². The van der Waals surface area contributed by atoms with Gasteiger partial charge >= 0.3 is 0 Å². The van der Waals surface area contributed by atoms with E-state index in [2.05, 4.69) is 71.3 Å². The lowest BCUT2D eigenvalue weighted by Gasteiger charge is -2.35. The molecule has 0 aromatic heterocycles. The van der Waals surface area contributed by atoms with E-state index in [0.29, 0.717) is 12.1 Å². The van der Waals surface area contributed by atoms with E-state index in [0.717, 1.165) is 5.92 Å². The molecule has 1 fully saturated rings. The molecular formula is C16H25BrN2. The molecule has 1 saturated heterocycles. The number of rotatable bonds is 4. The second-order valence-electron chi connectivity index (χ2n) is 5.86. The van der Waals surface area contributed by atoms with Crippen molar-refractivity contribution in [3.63, 3.8) is 0 Å². The molecule has 0 saturated carbocycles. The zero-order valence-corrected chi connectivity index (χ0v) is 13.8. The first-order valence-electron chi connectivity index (χ1n) is 7.27. The van der Waals surface area contributed by atoms with Crippen LogP contribution >= 0.6 is 15.9 Å². The van der Waals surface area contributed by atoms with Crippen molar-refractivity contribution in [3.05, 3.63) is 34.3 Å². The maximum Gasteiger partial charge on any atom is 0.0305 e. The van der Waals surface area contributed by atoms with Gasteiger partial charge in [-0.05, 0) is 57.8 Å². The van der Waals surface area contributed by atoms with Gasteiger partial charge in [-0.3, -0.25) is 0 Å². The molecule has 2 rings (SSSR count). The summed E-state index contributed by atoms with van der Waals surface area (Å²) >= 11 is 3.64. The zero-order valence-electron chi connectivity index (χ0n) is 12.2. The molecule has 0 spiro atoms. The van der Waals surface area contributed by atoms with Crippen molar-refractivity contribution < 1.29 is 0 Å². The molecular weight excluding hydrogens is 300 g/mol. The second kappa shape index (κ2) is 6.87.